The Bertz CT molecular complexity index is 477. The van der Waals surface area contributed by atoms with Gasteiger partial charge in [0.25, 0.3) is 5.91 Å². The third-order valence-electron chi connectivity index (χ3n) is 2.99. The minimum absolute atomic E-state index is 0.0300. The summed E-state index contributed by atoms with van der Waals surface area (Å²) in [6.45, 7) is 2.36. The van der Waals surface area contributed by atoms with E-state index in [0.717, 1.165) is 15.8 Å². The maximum absolute atomic E-state index is 12.3. The Morgan fingerprint density at radius 3 is 2.58 bits per heavy atom. The van der Waals surface area contributed by atoms with Crippen molar-refractivity contribution in [2.24, 2.45) is 0 Å². The number of nitrogens with zero attached hydrogens (tertiary/aromatic N) is 2. The van der Waals surface area contributed by atoms with Crippen LogP contribution in [0.25, 0.3) is 0 Å². The first kappa shape index (κ1) is 14.3. The molecule has 0 radical (unpaired) electrons. The van der Waals surface area contributed by atoms with Crippen LogP contribution in [0.1, 0.15) is 16.1 Å². The Balaban J connectivity index is 1.99. The van der Waals surface area contributed by atoms with Crippen LogP contribution in [0.5, 0.6) is 0 Å². The molecule has 0 saturated carbocycles. The molecule has 0 spiro atoms. The van der Waals surface area contributed by atoms with Gasteiger partial charge in [-0.3, -0.25) is 4.79 Å². The molecule has 1 fully saturated rings. The van der Waals surface area contributed by atoms with Gasteiger partial charge in [0.15, 0.2) is 0 Å². The first-order valence-electron chi connectivity index (χ1n) is 5.98. The second kappa shape index (κ2) is 6.38. The number of amides is 2. The van der Waals surface area contributed by atoms with Crippen molar-refractivity contribution >= 4 is 39.3 Å². The number of ether oxygens (including phenoxy) is 1. The second-order valence-electron chi connectivity index (χ2n) is 4.23. The van der Waals surface area contributed by atoms with Crippen LogP contribution in [-0.4, -0.2) is 55.1 Å². The molecule has 0 unspecified atom stereocenters. The molecular weight excluding hydrogens is 332 g/mol. The highest BCUT2D eigenvalue weighted by atomic mass is 79.9. The maximum atomic E-state index is 12.3. The van der Waals surface area contributed by atoms with Crippen LogP contribution < -0.4 is 0 Å². The van der Waals surface area contributed by atoms with Gasteiger partial charge in [0.1, 0.15) is 0 Å². The summed E-state index contributed by atoms with van der Waals surface area (Å²) >= 11 is 4.77. The minimum atomic E-state index is -0.326. The van der Waals surface area contributed by atoms with Crippen LogP contribution in [0.3, 0.4) is 0 Å². The van der Waals surface area contributed by atoms with Gasteiger partial charge in [-0.05, 0) is 28.4 Å². The molecule has 0 N–H and O–H groups in total. The molecular formula is C12H15BrN2O3S. The van der Waals surface area contributed by atoms with Gasteiger partial charge >= 0.3 is 6.09 Å². The molecule has 19 heavy (non-hydrogen) atoms. The molecule has 2 amide bonds. The summed E-state index contributed by atoms with van der Waals surface area (Å²) in [5.41, 5.74) is 0. The number of methoxy groups -OCH3 is 1. The Morgan fingerprint density at radius 1 is 1.26 bits per heavy atom. The lowest BCUT2D eigenvalue weighted by Gasteiger charge is -2.20. The molecule has 0 bridgehead atoms. The van der Waals surface area contributed by atoms with Crippen LogP contribution >= 0.6 is 27.3 Å². The summed E-state index contributed by atoms with van der Waals surface area (Å²) in [5.74, 6) is 0.0300. The van der Waals surface area contributed by atoms with Gasteiger partial charge in [-0.2, -0.15) is 0 Å². The van der Waals surface area contributed by atoms with Crippen LogP contribution in [-0.2, 0) is 4.74 Å². The monoisotopic (exact) mass is 346 g/mol. The van der Waals surface area contributed by atoms with Crippen LogP contribution in [0, 0.1) is 0 Å². The first-order valence-corrected chi connectivity index (χ1v) is 7.65. The molecule has 7 heteroatoms. The molecule has 5 nitrogen and oxygen atoms in total. The van der Waals surface area contributed by atoms with E-state index in [9.17, 15) is 9.59 Å². The largest absolute Gasteiger partial charge is 0.453 e. The SMILES string of the molecule is COC(=O)N1CCCN(C(=O)c2cc(Br)cs2)CC1. The van der Waals surface area contributed by atoms with E-state index in [0.29, 0.717) is 26.2 Å². The van der Waals surface area contributed by atoms with E-state index in [1.54, 1.807) is 9.80 Å². The molecule has 1 aliphatic heterocycles. The third-order valence-corrected chi connectivity index (χ3v) is 4.67. The van der Waals surface area contributed by atoms with Gasteiger partial charge in [0, 0.05) is 36.0 Å². The maximum Gasteiger partial charge on any atom is 0.409 e. The van der Waals surface area contributed by atoms with Gasteiger partial charge in [-0.15, -0.1) is 11.3 Å². The van der Waals surface area contributed by atoms with Crippen molar-refractivity contribution in [1.82, 2.24) is 9.80 Å². The van der Waals surface area contributed by atoms with Gasteiger partial charge in [0.2, 0.25) is 0 Å². The van der Waals surface area contributed by atoms with Gasteiger partial charge in [-0.25, -0.2) is 4.79 Å². The molecule has 2 rings (SSSR count). The molecule has 0 atom stereocenters. The van der Waals surface area contributed by atoms with Crippen molar-refractivity contribution in [2.45, 2.75) is 6.42 Å². The number of carbonyl (C=O) groups is 2. The molecule has 1 aromatic heterocycles. The standard InChI is InChI=1S/C12H15BrN2O3S/c1-18-12(17)15-4-2-3-14(5-6-15)11(16)10-7-9(13)8-19-10/h7-8H,2-6H2,1H3. The highest BCUT2D eigenvalue weighted by Crippen LogP contribution is 2.21. The van der Waals surface area contributed by atoms with Crippen molar-refractivity contribution in [2.75, 3.05) is 33.3 Å². The minimum Gasteiger partial charge on any atom is -0.453 e. The topological polar surface area (TPSA) is 49.9 Å². The predicted molar refractivity (Wildman–Crippen MR) is 76.5 cm³/mol. The molecule has 1 saturated heterocycles. The zero-order valence-corrected chi connectivity index (χ0v) is 13.0. The van der Waals surface area contributed by atoms with E-state index < -0.39 is 0 Å². The lowest BCUT2D eigenvalue weighted by Crippen LogP contribution is -2.37. The van der Waals surface area contributed by atoms with E-state index in [1.807, 2.05) is 11.4 Å². The summed E-state index contributed by atoms with van der Waals surface area (Å²) in [6.07, 6.45) is 0.445. The average Bonchev–Trinajstić information content (AvgIpc) is 2.71. The Hall–Kier alpha value is -1.08. The van der Waals surface area contributed by atoms with Crippen molar-refractivity contribution in [3.05, 3.63) is 20.8 Å². The molecule has 1 aromatic rings. The summed E-state index contributed by atoms with van der Waals surface area (Å²) < 4.78 is 5.63. The Kier molecular flexibility index (Phi) is 4.81. The lowest BCUT2D eigenvalue weighted by atomic mass is 10.3. The second-order valence-corrected chi connectivity index (χ2v) is 6.06. The number of carbonyl (C=O) groups excluding carboxylic acids is 2. The van der Waals surface area contributed by atoms with E-state index in [-0.39, 0.29) is 12.0 Å². The van der Waals surface area contributed by atoms with Crippen LogP contribution in [0.4, 0.5) is 4.79 Å². The van der Waals surface area contributed by atoms with Crippen molar-refractivity contribution in [3.8, 4) is 0 Å². The Labute approximate surface area is 124 Å². The lowest BCUT2D eigenvalue weighted by molar-refractivity contribution is 0.0762. The highest BCUT2D eigenvalue weighted by molar-refractivity contribution is 9.10. The average molecular weight is 347 g/mol. The fourth-order valence-corrected chi connectivity index (χ4v) is 3.41. The third kappa shape index (κ3) is 3.48. The number of hydrogen-bond acceptors (Lipinski definition) is 4. The van der Waals surface area contributed by atoms with E-state index in [4.69, 9.17) is 4.74 Å². The smallest absolute Gasteiger partial charge is 0.409 e. The molecule has 1 aliphatic rings. The van der Waals surface area contributed by atoms with Gasteiger partial charge < -0.3 is 14.5 Å². The van der Waals surface area contributed by atoms with E-state index in [1.165, 1.54) is 18.4 Å². The number of rotatable bonds is 1. The molecule has 104 valence electrons. The van der Waals surface area contributed by atoms with Crippen LogP contribution in [0.2, 0.25) is 0 Å². The first-order chi connectivity index (χ1) is 9.11. The summed E-state index contributed by atoms with van der Waals surface area (Å²) in [5, 5.41) is 1.89. The zero-order chi connectivity index (χ0) is 13.8. The summed E-state index contributed by atoms with van der Waals surface area (Å²) in [7, 11) is 1.37. The number of halogens is 1. The summed E-state index contributed by atoms with van der Waals surface area (Å²) in [6, 6.07) is 1.83. The Morgan fingerprint density at radius 2 is 1.95 bits per heavy atom. The van der Waals surface area contributed by atoms with Crippen molar-refractivity contribution in [3.63, 3.8) is 0 Å². The van der Waals surface area contributed by atoms with Crippen LogP contribution in [0.15, 0.2) is 15.9 Å². The fourth-order valence-electron chi connectivity index (χ4n) is 2.01. The van der Waals surface area contributed by atoms with Crippen molar-refractivity contribution in [1.29, 1.82) is 0 Å². The molecule has 0 aromatic carbocycles. The van der Waals surface area contributed by atoms with Crippen molar-refractivity contribution < 1.29 is 14.3 Å². The highest BCUT2D eigenvalue weighted by Gasteiger charge is 2.23. The molecule has 2 heterocycles. The molecule has 0 aliphatic carbocycles. The fraction of sp³-hybridized carbons (Fsp3) is 0.500. The van der Waals surface area contributed by atoms with E-state index in [2.05, 4.69) is 15.9 Å². The number of hydrogen-bond donors (Lipinski definition) is 0. The normalized spacial score (nSPS) is 16.1. The van der Waals surface area contributed by atoms with Gasteiger partial charge in [0.05, 0.1) is 12.0 Å². The number of thiophene rings is 1. The van der Waals surface area contributed by atoms with E-state index >= 15 is 0 Å². The quantitative estimate of drug-likeness (QED) is 0.784. The predicted octanol–water partition coefficient (Wildman–Crippen LogP) is 2.42. The van der Waals surface area contributed by atoms with Gasteiger partial charge in [-0.1, -0.05) is 0 Å². The zero-order valence-electron chi connectivity index (χ0n) is 10.6. The summed E-state index contributed by atoms with van der Waals surface area (Å²) in [4.78, 5) is 27.9.